The van der Waals surface area contributed by atoms with Crippen molar-refractivity contribution < 1.29 is 28.4 Å². The summed E-state index contributed by atoms with van der Waals surface area (Å²) in [5.74, 6) is -1.63. The average Bonchev–Trinajstić information content (AvgIpc) is 2.94. The number of halogens is 1. The molecule has 1 aliphatic rings. The lowest BCUT2D eigenvalue weighted by atomic mass is 10.1. The number of benzene rings is 2. The molecule has 27 heavy (non-hydrogen) atoms. The van der Waals surface area contributed by atoms with Crippen molar-refractivity contribution in [2.75, 3.05) is 13.7 Å². The molecule has 0 bridgehead atoms. The summed E-state index contributed by atoms with van der Waals surface area (Å²) in [4.78, 5) is 35.3. The fourth-order valence-electron chi connectivity index (χ4n) is 2.81. The molecule has 0 unspecified atom stereocenters. The Kier molecular flexibility index (Phi) is 5.02. The van der Waals surface area contributed by atoms with Crippen LogP contribution in [0.3, 0.4) is 0 Å². The Morgan fingerprint density at radius 2 is 2.11 bits per heavy atom. The van der Waals surface area contributed by atoms with Gasteiger partial charge in [0.05, 0.1) is 18.5 Å². The summed E-state index contributed by atoms with van der Waals surface area (Å²) in [5, 5.41) is 11.1. The van der Waals surface area contributed by atoms with Crippen molar-refractivity contribution in [3.8, 4) is 11.5 Å². The standard InChI is InChI=1S/C18H15FN2O6/c1-26-16(22)7-8-20-10-11-9-12(5-6-13(11)18(20)23)27-15-4-2-3-14(19)17(15)21(24)25/h2-6,9H,7-8,10H2,1H3. The van der Waals surface area contributed by atoms with Crippen LogP contribution in [0.1, 0.15) is 22.3 Å². The molecule has 0 saturated carbocycles. The number of methoxy groups -OCH3 is 1. The van der Waals surface area contributed by atoms with E-state index in [-0.39, 0.29) is 36.9 Å². The lowest BCUT2D eigenvalue weighted by Crippen LogP contribution is -2.26. The van der Waals surface area contributed by atoms with Gasteiger partial charge in [-0.3, -0.25) is 19.7 Å². The number of ether oxygens (including phenoxy) is 2. The first-order valence-electron chi connectivity index (χ1n) is 8.00. The number of hydrogen-bond acceptors (Lipinski definition) is 6. The highest BCUT2D eigenvalue weighted by atomic mass is 19.1. The second-order valence-corrected chi connectivity index (χ2v) is 5.82. The normalized spacial score (nSPS) is 12.7. The molecule has 0 radical (unpaired) electrons. The van der Waals surface area contributed by atoms with Crippen molar-refractivity contribution in [2.24, 2.45) is 0 Å². The Morgan fingerprint density at radius 1 is 1.33 bits per heavy atom. The summed E-state index contributed by atoms with van der Waals surface area (Å²) < 4.78 is 23.7. The maximum Gasteiger partial charge on any atom is 0.346 e. The summed E-state index contributed by atoms with van der Waals surface area (Å²) in [6.45, 7) is 0.485. The number of nitrogens with zero attached hydrogens (tertiary/aromatic N) is 2. The molecule has 0 spiro atoms. The van der Waals surface area contributed by atoms with E-state index in [9.17, 15) is 24.1 Å². The quantitative estimate of drug-likeness (QED) is 0.438. The first-order chi connectivity index (χ1) is 12.9. The molecule has 0 saturated heterocycles. The third-order valence-corrected chi connectivity index (χ3v) is 4.13. The number of nitro benzene ring substituents is 1. The number of carbonyl (C=O) groups is 2. The Morgan fingerprint density at radius 3 is 2.81 bits per heavy atom. The fraction of sp³-hybridized carbons (Fsp3) is 0.222. The lowest BCUT2D eigenvalue weighted by molar-refractivity contribution is -0.388. The number of esters is 1. The summed E-state index contributed by atoms with van der Waals surface area (Å²) in [6.07, 6.45) is 0.0784. The smallest absolute Gasteiger partial charge is 0.346 e. The fourth-order valence-corrected chi connectivity index (χ4v) is 2.81. The van der Waals surface area contributed by atoms with Crippen LogP contribution >= 0.6 is 0 Å². The summed E-state index contributed by atoms with van der Waals surface area (Å²) >= 11 is 0. The Hall–Kier alpha value is -3.49. The molecule has 140 valence electrons. The third-order valence-electron chi connectivity index (χ3n) is 4.13. The van der Waals surface area contributed by atoms with E-state index in [2.05, 4.69) is 4.74 Å². The molecular formula is C18H15FN2O6. The van der Waals surface area contributed by atoms with Gasteiger partial charge in [-0.1, -0.05) is 6.07 Å². The van der Waals surface area contributed by atoms with Crippen LogP contribution < -0.4 is 4.74 Å². The lowest BCUT2D eigenvalue weighted by Gasteiger charge is -2.14. The minimum atomic E-state index is -0.997. The minimum absolute atomic E-state index is 0.0784. The second-order valence-electron chi connectivity index (χ2n) is 5.82. The van der Waals surface area contributed by atoms with E-state index in [4.69, 9.17) is 4.74 Å². The van der Waals surface area contributed by atoms with Gasteiger partial charge in [0.1, 0.15) is 5.75 Å². The van der Waals surface area contributed by atoms with Crippen molar-refractivity contribution >= 4 is 17.6 Å². The van der Waals surface area contributed by atoms with Gasteiger partial charge in [0.15, 0.2) is 0 Å². The molecule has 0 N–H and O–H groups in total. The van der Waals surface area contributed by atoms with Gasteiger partial charge in [-0.25, -0.2) is 0 Å². The zero-order valence-corrected chi connectivity index (χ0v) is 14.3. The Balaban J connectivity index is 1.80. The third kappa shape index (κ3) is 3.71. The van der Waals surface area contributed by atoms with E-state index < -0.39 is 22.4 Å². The molecule has 9 heteroatoms. The number of rotatable bonds is 6. The van der Waals surface area contributed by atoms with E-state index in [0.717, 1.165) is 6.07 Å². The number of nitro groups is 1. The van der Waals surface area contributed by atoms with Crippen molar-refractivity contribution in [1.82, 2.24) is 4.90 Å². The molecule has 0 fully saturated rings. The highest BCUT2D eigenvalue weighted by Crippen LogP contribution is 2.35. The molecule has 0 aliphatic carbocycles. The second kappa shape index (κ2) is 7.40. The molecule has 1 heterocycles. The van der Waals surface area contributed by atoms with Crippen LogP contribution in [0.15, 0.2) is 36.4 Å². The van der Waals surface area contributed by atoms with Gasteiger partial charge in [-0.2, -0.15) is 4.39 Å². The van der Waals surface area contributed by atoms with Gasteiger partial charge in [-0.05, 0) is 35.9 Å². The number of fused-ring (bicyclic) bond motifs is 1. The van der Waals surface area contributed by atoms with Gasteiger partial charge in [0, 0.05) is 18.7 Å². The molecule has 1 aliphatic heterocycles. The average molecular weight is 374 g/mol. The number of amides is 1. The zero-order valence-electron chi connectivity index (χ0n) is 14.3. The highest BCUT2D eigenvalue weighted by Gasteiger charge is 2.28. The number of para-hydroxylation sites is 1. The summed E-state index contributed by atoms with van der Waals surface area (Å²) in [5.41, 5.74) is 0.358. The van der Waals surface area contributed by atoms with Crippen LogP contribution in [0.2, 0.25) is 0 Å². The molecular weight excluding hydrogens is 359 g/mol. The van der Waals surface area contributed by atoms with E-state index in [1.807, 2.05) is 0 Å². The first kappa shape index (κ1) is 18.3. The van der Waals surface area contributed by atoms with Crippen LogP contribution in [0.4, 0.5) is 10.1 Å². The molecule has 2 aromatic rings. The van der Waals surface area contributed by atoms with Crippen molar-refractivity contribution in [1.29, 1.82) is 0 Å². The number of carbonyl (C=O) groups excluding carboxylic acids is 2. The molecule has 3 rings (SSSR count). The largest absolute Gasteiger partial charge is 0.469 e. The monoisotopic (exact) mass is 374 g/mol. The van der Waals surface area contributed by atoms with Crippen LogP contribution in [0.25, 0.3) is 0 Å². The van der Waals surface area contributed by atoms with Gasteiger partial charge >= 0.3 is 11.7 Å². The highest BCUT2D eigenvalue weighted by molar-refractivity contribution is 5.98. The predicted molar refractivity (Wildman–Crippen MR) is 90.9 cm³/mol. The predicted octanol–water partition coefficient (Wildman–Crippen LogP) is 3.05. The Bertz CT molecular complexity index is 930. The van der Waals surface area contributed by atoms with E-state index >= 15 is 0 Å². The van der Waals surface area contributed by atoms with E-state index in [1.54, 1.807) is 6.07 Å². The van der Waals surface area contributed by atoms with Gasteiger partial charge in [0.2, 0.25) is 11.6 Å². The molecule has 1 amide bonds. The summed E-state index contributed by atoms with van der Waals surface area (Å²) in [6, 6.07) is 8.17. The first-order valence-corrected chi connectivity index (χ1v) is 8.00. The zero-order chi connectivity index (χ0) is 19.6. The molecule has 8 nitrogen and oxygen atoms in total. The summed E-state index contributed by atoms with van der Waals surface area (Å²) in [7, 11) is 1.28. The van der Waals surface area contributed by atoms with Crippen molar-refractivity contribution in [3.05, 3.63) is 63.5 Å². The molecule has 0 atom stereocenters. The van der Waals surface area contributed by atoms with Crippen LogP contribution in [0.5, 0.6) is 11.5 Å². The minimum Gasteiger partial charge on any atom is -0.469 e. The van der Waals surface area contributed by atoms with Gasteiger partial charge < -0.3 is 14.4 Å². The molecule has 0 aromatic heterocycles. The van der Waals surface area contributed by atoms with Gasteiger partial charge in [-0.15, -0.1) is 0 Å². The maximum absolute atomic E-state index is 13.7. The maximum atomic E-state index is 13.7. The van der Waals surface area contributed by atoms with Crippen LogP contribution in [-0.2, 0) is 16.1 Å². The topological polar surface area (TPSA) is 99.0 Å². The SMILES string of the molecule is COC(=O)CCN1Cc2cc(Oc3cccc(F)c3[N+](=O)[O-])ccc2C1=O. The number of hydrogen-bond donors (Lipinski definition) is 0. The van der Waals surface area contributed by atoms with Gasteiger partial charge in [0.25, 0.3) is 5.91 Å². The molecule has 2 aromatic carbocycles. The van der Waals surface area contributed by atoms with Crippen molar-refractivity contribution in [3.63, 3.8) is 0 Å². The van der Waals surface area contributed by atoms with Crippen LogP contribution in [-0.4, -0.2) is 35.4 Å². The Labute approximate surface area is 153 Å². The van der Waals surface area contributed by atoms with Crippen molar-refractivity contribution in [2.45, 2.75) is 13.0 Å². The van der Waals surface area contributed by atoms with E-state index in [0.29, 0.717) is 11.1 Å². The van der Waals surface area contributed by atoms with Crippen LogP contribution in [0, 0.1) is 15.9 Å². The van der Waals surface area contributed by atoms with E-state index in [1.165, 1.54) is 36.3 Å².